The summed E-state index contributed by atoms with van der Waals surface area (Å²) in [5.74, 6) is -1.59. The van der Waals surface area contributed by atoms with Crippen molar-refractivity contribution in [1.29, 1.82) is 0 Å². The second-order valence-corrected chi connectivity index (χ2v) is 5.06. The number of nitrogens with one attached hydrogen (secondary N) is 1. The molecule has 1 aromatic carbocycles. The number of carboxylic acids is 1. The Morgan fingerprint density at radius 3 is 2.75 bits per heavy atom. The molecule has 0 amide bonds. The second-order valence-electron chi connectivity index (χ2n) is 5.06. The SMILES string of the molecule is O=C(O)C1CCCc2c1[nH]c1cc(C(F)(F)F)ccc21. The minimum Gasteiger partial charge on any atom is -0.481 e. The third-order valence-electron chi connectivity index (χ3n) is 3.83. The summed E-state index contributed by atoms with van der Waals surface area (Å²) in [6, 6.07) is 3.52. The number of halogens is 3. The summed E-state index contributed by atoms with van der Waals surface area (Å²) in [5, 5.41) is 9.89. The van der Waals surface area contributed by atoms with Gasteiger partial charge in [0.15, 0.2) is 0 Å². The van der Waals surface area contributed by atoms with Crippen LogP contribution in [0.2, 0.25) is 0 Å². The van der Waals surface area contributed by atoms with Gasteiger partial charge in [0.05, 0.1) is 11.5 Å². The molecule has 3 nitrogen and oxygen atoms in total. The van der Waals surface area contributed by atoms with E-state index in [0.717, 1.165) is 24.1 Å². The summed E-state index contributed by atoms with van der Waals surface area (Å²) >= 11 is 0. The van der Waals surface area contributed by atoms with Crippen molar-refractivity contribution < 1.29 is 23.1 Å². The molecule has 0 fully saturated rings. The first-order valence-corrected chi connectivity index (χ1v) is 6.32. The average molecular weight is 283 g/mol. The molecule has 3 rings (SSSR count). The fourth-order valence-corrected chi connectivity index (χ4v) is 2.89. The minimum atomic E-state index is -4.40. The number of aryl methyl sites for hydroxylation is 1. The molecule has 0 saturated heterocycles. The third kappa shape index (κ3) is 1.95. The molecule has 2 aromatic rings. The molecule has 20 heavy (non-hydrogen) atoms. The molecule has 1 aliphatic carbocycles. The van der Waals surface area contributed by atoms with E-state index in [-0.39, 0.29) is 0 Å². The number of aliphatic carboxylic acids is 1. The number of benzene rings is 1. The number of hydrogen-bond acceptors (Lipinski definition) is 1. The van der Waals surface area contributed by atoms with Gasteiger partial charge in [-0.25, -0.2) is 0 Å². The number of aromatic nitrogens is 1. The largest absolute Gasteiger partial charge is 0.481 e. The summed E-state index contributed by atoms with van der Waals surface area (Å²) in [7, 11) is 0. The van der Waals surface area contributed by atoms with E-state index in [1.807, 2.05) is 0 Å². The third-order valence-corrected chi connectivity index (χ3v) is 3.83. The van der Waals surface area contributed by atoms with Gasteiger partial charge in [-0.15, -0.1) is 0 Å². The Bertz CT molecular complexity index is 688. The number of fused-ring (bicyclic) bond motifs is 3. The maximum atomic E-state index is 12.7. The van der Waals surface area contributed by atoms with Crippen molar-refractivity contribution in [2.75, 3.05) is 0 Å². The van der Waals surface area contributed by atoms with Gasteiger partial charge in [0, 0.05) is 16.6 Å². The van der Waals surface area contributed by atoms with Crippen LogP contribution in [0.3, 0.4) is 0 Å². The van der Waals surface area contributed by atoms with Crippen LogP contribution in [0, 0.1) is 0 Å². The van der Waals surface area contributed by atoms with Gasteiger partial charge in [-0.2, -0.15) is 13.2 Å². The highest BCUT2D eigenvalue weighted by molar-refractivity contribution is 5.88. The number of H-pyrrole nitrogens is 1. The van der Waals surface area contributed by atoms with E-state index in [1.165, 1.54) is 6.07 Å². The summed E-state index contributed by atoms with van der Waals surface area (Å²) in [4.78, 5) is 14.1. The van der Waals surface area contributed by atoms with Crippen LogP contribution in [-0.4, -0.2) is 16.1 Å². The monoisotopic (exact) mass is 283 g/mol. The maximum absolute atomic E-state index is 12.7. The summed E-state index contributed by atoms with van der Waals surface area (Å²) in [5.41, 5.74) is 1.03. The Balaban J connectivity index is 2.18. The Morgan fingerprint density at radius 1 is 1.35 bits per heavy atom. The van der Waals surface area contributed by atoms with Gasteiger partial charge < -0.3 is 10.1 Å². The Kier molecular flexibility index (Phi) is 2.77. The molecular formula is C14H12F3NO2. The first-order valence-electron chi connectivity index (χ1n) is 6.32. The smallest absolute Gasteiger partial charge is 0.416 e. The molecule has 0 radical (unpaired) electrons. The highest BCUT2D eigenvalue weighted by Crippen LogP contribution is 2.38. The predicted octanol–water partition coefficient (Wildman–Crippen LogP) is 3.69. The molecule has 6 heteroatoms. The van der Waals surface area contributed by atoms with Crippen LogP contribution in [0.25, 0.3) is 10.9 Å². The van der Waals surface area contributed by atoms with Gasteiger partial charge in [-0.3, -0.25) is 4.79 Å². The van der Waals surface area contributed by atoms with Crippen molar-refractivity contribution in [3.05, 3.63) is 35.0 Å². The molecule has 1 unspecified atom stereocenters. The lowest BCUT2D eigenvalue weighted by atomic mass is 9.87. The van der Waals surface area contributed by atoms with Crippen molar-refractivity contribution in [1.82, 2.24) is 4.98 Å². The average Bonchev–Trinajstić information content (AvgIpc) is 2.74. The highest BCUT2D eigenvalue weighted by atomic mass is 19.4. The topological polar surface area (TPSA) is 53.1 Å². The van der Waals surface area contributed by atoms with E-state index in [9.17, 15) is 23.1 Å². The van der Waals surface area contributed by atoms with Crippen molar-refractivity contribution in [2.24, 2.45) is 0 Å². The molecule has 106 valence electrons. The standard InChI is InChI=1S/C14H12F3NO2/c15-14(16,17)7-4-5-8-9-2-1-3-10(13(19)20)12(9)18-11(8)6-7/h4-6,10,18H,1-3H2,(H,19,20). The lowest BCUT2D eigenvalue weighted by Gasteiger charge is -2.18. The van der Waals surface area contributed by atoms with E-state index in [0.29, 0.717) is 29.4 Å². The van der Waals surface area contributed by atoms with Crippen LogP contribution in [0.4, 0.5) is 13.2 Å². The molecular weight excluding hydrogens is 271 g/mol. The van der Waals surface area contributed by atoms with Crippen LogP contribution >= 0.6 is 0 Å². The van der Waals surface area contributed by atoms with E-state index >= 15 is 0 Å². The van der Waals surface area contributed by atoms with Gasteiger partial charge in [0.2, 0.25) is 0 Å². The summed E-state index contributed by atoms with van der Waals surface area (Å²) in [6.07, 6.45) is -2.45. The van der Waals surface area contributed by atoms with Crippen LogP contribution < -0.4 is 0 Å². The van der Waals surface area contributed by atoms with Gasteiger partial charge in [-0.1, -0.05) is 6.07 Å². The minimum absolute atomic E-state index is 0.359. The zero-order valence-electron chi connectivity index (χ0n) is 10.4. The van der Waals surface area contributed by atoms with E-state index in [2.05, 4.69) is 4.98 Å². The van der Waals surface area contributed by atoms with Crippen molar-refractivity contribution >= 4 is 16.9 Å². The molecule has 0 aliphatic heterocycles. The molecule has 1 heterocycles. The molecule has 2 N–H and O–H groups in total. The highest BCUT2D eigenvalue weighted by Gasteiger charge is 2.33. The zero-order chi connectivity index (χ0) is 14.5. The fourth-order valence-electron chi connectivity index (χ4n) is 2.89. The quantitative estimate of drug-likeness (QED) is 0.838. The Labute approximate surface area is 112 Å². The first kappa shape index (κ1) is 13.0. The number of hydrogen-bond donors (Lipinski definition) is 2. The lowest BCUT2D eigenvalue weighted by Crippen LogP contribution is -2.17. The van der Waals surface area contributed by atoms with Crippen LogP contribution in [0.1, 0.15) is 35.6 Å². The second kappa shape index (κ2) is 4.26. The number of carbonyl (C=O) groups is 1. The number of alkyl halides is 3. The zero-order valence-corrected chi connectivity index (χ0v) is 10.4. The van der Waals surface area contributed by atoms with Crippen molar-refractivity contribution in [3.63, 3.8) is 0 Å². The molecule has 0 bridgehead atoms. The molecule has 1 aliphatic rings. The molecule has 0 spiro atoms. The van der Waals surface area contributed by atoms with E-state index in [4.69, 9.17) is 0 Å². The Hall–Kier alpha value is -1.98. The van der Waals surface area contributed by atoms with Gasteiger partial charge in [0.25, 0.3) is 0 Å². The number of rotatable bonds is 1. The van der Waals surface area contributed by atoms with E-state index in [1.54, 1.807) is 0 Å². The van der Waals surface area contributed by atoms with Gasteiger partial charge in [-0.05, 0) is 37.0 Å². The normalized spacial score (nSPS) is 19.1. The fraction of sp³-hybridized carbons (Fsp3) is 0.357. The van der Waals surface area contributed by atoms with Gasteiger partial charge >= 0.3 is 12.1 Å². The first-order chi connectivity index (χ1) is 9.38. The number of carboxylic acid groups (broad SMARTS) is 1. The molecule has 1 atom stereocenters. The Morgan fingerprint density at radius 2 is 2.10 bits per heavy atom. The summed E-state index contributed by atoms with van der Waals surface area (Å²) in [6.45, 7) is 0. The lowest BCUT2D eigenvalue weighted by molar-refractivity contribution is -0.139. The van der Waals surface area contributed by atoms with Crippen LogP contribution in [0.15, 0.2) is 18.2 Å². The van der Waals surface area contributed by atoms with Crippen molar-refractivity contribution in [2.45, 2.75) is 31.4 Å². The summed E-state index contributed by atoms with van der Waals surface area (Å²) < 4.78 is 38.1. The molecule has 0 saturated carbocycles. The maximum Gasteiger partial charge on any atom is 0.416 e. The van der Waals surface area contributed by atoms with Crippen LogP contribution in [0.5, 0.6) is 0 Å². The van der Waals surface area contributed by atoms with E-state index < -0.39 is 23.6 Å². The van der Waals surface area contributed by atoms with Gasteiger partial charge in [0.1, 0.15) is 0 Å². The molecule has 1 aromatic heterocycles. The predicted molar refractivity (Wildman–Crippen MR) is 66.6 cm³/mol. The van der Waals surface area contributed by atoms with Crippen molar-refractivity contribution in [3.8, 4) is 0 Å². The number of aromatic amines is 1. The van der Waals surface area contributed by atoms with Crippen LogP contribution in [-0.2, 0) is 17.4 Å².